The summed E-state index contributed by atoms with van der Waals surface area (Å²) in [6.45, 7) is 2.95. The minimum Gasteiger partial charge on any atom is -0.284 e. The Morgan fingerprint density at radius 2 is 1.68 bits per heavy atom. The topological polar surface area (TPSA) is 42.9 Å². The zero-order valence-electron chi connectivity index (χ0n) is 9.73. The molecule has 1 heterocycles. The Bertz CT molecular complexity index is 492. The van der Waals surface area contributed by atoms with Gasteiger partial charge in [-0.25, -0.2) is 9.97 Å². The van der Waals surface area contributed by atoms with Crippen LogP contribution in [0.25, 0.3) is 0 Å². The molecule has 3 nitrogen and oxygen atoms in total. The van der Waals surface area contributed by atoms with Crippen LogP contribution in [0.15, 0.2) is 6.20 Å². The molecule has 0 aliphatic carbocycles. The van der Waals surface area contributed by atoms with Crippen LogP contribution in [0.2, 0.25) is 0 Å². The van der Waals surface area contributed by atoms with Crippen molar-refractivity contribution in [2.45, 2.75) is 32.1 Å². The molecule has 0 spiro atoms. The van der Waals surface area contributed by atoms with Crippen molar-refractivity contribution < 1.29 is 31.1 Å². The van der Waals surface area contributed by atoms with Gasteiger partial charge in [-0.15, -0.1) is 0 Å². The number of carbonyl (C=O) groups excluding carboxylic acids is 1. The molecule has 0 saturated carbocycles. The lowest BCUT2D eigenvalue weighted by Crippen LogP contribution is -2.27. The largest absolute Gasteiger partial charge is 0.455 e. The second kappa shape index (κ2) is 4.78. The lowest BCUT2D eigenvalue weighted by atomic mass is 10.1. The lowest BCUT2D eigenvalue weighted by Gasteiger charge is -2.14. The van der Waals surface area contributed by atoms with Gasteiger partial charge in [0, 0.05) is 12.1 Å². The van der Waals surface area contributed by atoms with E-state index in [1.807, 2.05) is 0 Å². The van der Waals surface area contributed by atoms with Gasteiger partial charge in [0.05, 0.1) is 5.56 Å². The standard InChI is InChI=1S/C10H8F6N2O/c1-4(2)8-17-3-5(7(19)10(14,15)16)6(18-8)9(11,12)13/h3-4H,1-2H3. The Labute approximate surface area is 103 Å². The van der Waals surface area contributed by atoms with Crippen molar-refractivity contribution in [1.29, 1.82) is 0 Å². The maximum absolute atomic E-state index is 12.6. The molecule has 0 aromatic carbocycles. The van der Waals surface area contributed by atoms with Crippen molar-refractivity contribution in [2.75, 3.05) is 0 Å². The van der Waals surface area contributed by atoms with E-state index in [0.717, 1.165) is 0 Å². The Morgan fingerprint density at radius 3 is 2.05 bits per heavy atom. The van der Waals surface area contributed by atoms with Gasteiger partial charge in [0.15, 0.2) is 5.69 Å². The number of hydrogen-bond donors (Lipinski definition) is 0. The predicted molar refractivity (Wildman–Crippen MR) is 51.5 cm³/mol. The molecule has 0 aliphatic heterocycles. The first-order valence-corrected chi connectivity index (χ1v) is 5.00. The number of hydrogen-bond acceptors (Lipinski definition) is 3. The second-order valence-corrected chi connectivity index (χ2v) is 3.97. The maximum Gasteiger partial charge on any atom is 0.455 e. The molecule has 0 bridgehead atoms. The SMILES string of the molecule is CC(C)c1ncc(C(=O)C(F)(F)F)c(C(F)(F)F)n1. The monoisotopic (exact) mass is 286 g/mol. The van der Waals surface area contributed by atoms with Gasteiger partial charge in [-0.1, -0.05) is 13.8 Å². The van der Waals surface area contributed by atoms with Crippen molar-refractivity contribution in [3.05, 3.63) is 23.3 Å². The Hall–Kier alpha value is -1.67. The van der Waals surface area contributed by atoms with E-state index >= 15 is 0 Å². The van der Waals surface area contributed by atoms with E-state index in [9.17, 15) is 31.1 Å². The summed E-state index contributed by atoms with van der Waals surface area (Å²) in [6, 6.07) is 0. The van der Waals surface area contributed by atoms with Crippen molar-refractivity contribution in [2.24, 2.45) is 0 Å². The zero-order chi connectivity index (χ0) is 15.0. The molecule has 0 unspecified atom stereocenters. The van der Waals surface area contributed by atoms with Crippen LogP contribution in [0.3, 0.4) is 0 Å². The van der Waals surface area contributed by atoms with Gasteiger partial charge >= 0.3 is 12.4 Å². The minimum atomic E-state index is -5.41. The summed E-state index contributed by atoms with van der Waals surface area (Å²) >= 11 is 0. The van der Waals surface area contributed by atoms with Crippen LogP contribution in [0, 0.1) is 0 Å². The summed E-state index contributed by atoms with van der Waals surface area (Å²) in [4.78, 5) is 17.3. The van der Waals surface area contributed by atoms with Crippen LogP contribution in [0.1, 0.15) is 41.6 Å². The molecule has 9 heteroatoms. The van der Waals surface area contributed by atoms with Gasteiger partial charge in [0.1, 0.15) is 5.82 Å². The van der Waals surface area contributed by atoms with E-state index in [-0.39, 0.29) is 12.0 Å². The first kappa shape index (κ1) is 15.4. The fourth-order valence-corrected chi connectivity index (χ4v) is 1.21. The number of carbonyl (C=O) groups is 1. The molecular formula is C10H8F6N2O. The van der Waals surface area contributed by atoms with Gasteiger partial charge in [-0.3, -0.25) is 4.79 Å². The normalized spacial score (nSPS) is 12.9. The zero-order valence-corrected chi connectivity index (χ0v) is 9.73. The van der Waals surface area contributed by atoms with Gasteiger partial charge in [0.25, 0.3) is 5.78 Å². The fourth-order valence-electron chi connectivity index (χ4n) is 1.21. The highest BCUT2D eigenvalue weighted by Gasteiger charge is 2.46. The van der Waals surface area contributed by atoms with Crippen molar-refractivity contribution in [3.63, 3.8) is 0 Å². The Morgan fingerprint density at radius 1 is 1.16 bits per heavy atom. The number of ketones is 1. The van der Waals surface area contributed by atoms with Crippen LogP contribution in [-0.2, 0) is 6.18 Å². The third-order valence-electron chi connectivity index (χ3n) is 2.09. The summed E-state index contributed by atoms with van der Waals surface area (Å²) in [5.74, 6) is -3.42. The highest BCUT2D eigenvalue weighted by molar-refractivity contribution is 6.01. The predicted octanol–water partition coefficient (Wildman–Crippen LogP) is 3.36. The van der Waals surface area contributed by atoms with E-state index in [4.69, 9.17) is 0 Å². The van der Waals surface area contributed by atoms with Crippen LogP contribution in [-0.4, -0.2) is 21.9 Å². The highest BCUT2D eigenvalue weighted by Crippen LogP contribution is 2.33. The first-order valence-electron chi connectivity index (χ1n) is 5.00. The molecule has 106 valence electrons. The average Bonchev–Trinajstić information content (AvgIpc) is 2.24. The van der Waals surface area contributed by atoms with Gasteiger partial charge < -0.3 is 0 Å². The first-order chi connectivity index (χ1) is 8.44. The second-order valence-electron chi connectivity index (χ2n) is 3.97. The summed E-state index contributed by atoms with van der Waals surface area (Å²) in [6.07, 6.45) is -10.3. The fraction of sp³-hybridized carbons (Fsp3) is 0.500. The third kappa shape index (κ3) is 3.42. The third-order valence-corrected chi connectivity index (χ3v) is 2.09. The average molecular weight is 286 g/mol. The van der Waals surface area contributed by atoms with Crippen LogP contribution in [0.5, 0.6) is 0 Å². The molecule has 0 amide bonds. The number of alkyl halides is 6. The summed E-state index contributed by atoms with van der Waals surface area (Å²) in [7, 11) is 0. The maximum atomic E-state index is 12.6. The minimum absolute atomic E-state index is 0.265. The number of rotatable bonds is 2. The number of nitrogens with zero attached hydrogens (tertiary/aromatic N) is 2. The molecule has 0 saturated heterocycles. The number of halogens is 6. The molecular weight excluding hydrogens is 278 g/mol. The van der Waals surface area contributed by atoms with Crippen LogP contribution in [0.4, 0.5) is 26.3 Å². The lowest BCUT2D eigenvalue weighted by molar-refractivity contribution is -0.142. The Balaban J connectivity index is 3.45. The van der Waals surface area contributed by atoms with E-state index in [0.29, 0.717) is 0 Å². The van der Waals surface area contributed by atoms with E-state index < -0.39 is 35.3 Å². The van der Waals surface area contributed by atoms with E-state index in [1.54, 1.807) is 0 Å². The molecule has 1 rings (SSSR count). The smallest absolute Gasteiger partial charge is 0.284 e. The summed E-state index contributed by atoms with van der Waals surface area (Å²) in [5, 5.41) is 0. The van der Waals surface area contributed by atoms with Crippen molar-refractivity contribution >= 4 is 5.78 Å². The number of Topliss-reactive ketones (excluding diaryl/α,β-unsaturated/α-hetero) is 1. The molecule has 0 atom stereocenters. The molecule has 0 aliphatic rings. The highest BCUT2D eigenvalue weighted by atomic mass is 19.4. The Kier molecular flexibility index (Phi) is 3.87. The van der Waals surface area contributed by atoms with Crippen LogP contribution >= 0.6 is 0 Å². The molecule has 1 aromatic heterocycles. The molecule has 19 heavy (non-hydrogen) atoms. The summed E-state index contributed by atoms with van der Waals surface area (Å²) in [5.41, 5.74) is -3.46. The quantitative estimate of drug-likeness (QED) is 0.618. The van der Waals surface area contributed by atoms with Gasteiger partial charge in [0.2, 0.25) is 0 Å². The molecule has 0 fully saturated rings. The van der Waals surface area contributed by atoms with Gasteiger partial charge in [-0.05, 0) is 0 Å². The van der Waals surface area contributed by atoms with E-state index in [1.165, 1.54) is 13.8 Å². The molecule has 0 N–H and O–H groups in total. The molecule has 0 radical (unpaired) electrons. The van der Waals surface area contributed by atoms with E-state index in [2.05, 4.69) is 9.97 Å². The van der Waals surface area contributed by atoms with Crippen molar-refractivity contribution in [1.82, 2.24) is 9.97 Å². The summed E-state index contributed by atoms with van der Waals surface area (Å²) < 4.78 is 74.5. The van der Waals surface area contributed by atoms with Gasteiger partial charge in [-0.2, -0.15) is 26.3 Å². The van der Waals surface area contributed by atoms with Crippen molar-refractivity contribution in [3.8, 4) is 0 Å². The van der Waals surface area contributed by atoms with Crippen LogP contribution < -0.4 is 0 Å². The number of aromatic nitrogens is 2. The molecule has 1 aromatic rings.